The van der Waals surface area contributed by atoms with Gasteiger partial charge in [0.2, 0.25) is 5.91 Å². The van der Waals surface area contributed by atoms with E-state index in [4.69, 9.17) is 4.74 Å². The maximum absolute atomic E-state index is 12.4. The summed E-state index contributed by atoms with van der Waals surface area (Å²) < 4.78 is 6.07. The minimum absolute atomic E-state index is 0.236. The number of pyridine rings is 1. The molecule has 2 aliphatic rings. The Morgan fingerprint density at radius 3 is 2.57 bits per heavy atom. The predicted octanol–water partition coefficient (Wildman–Crippen LogP) is 3.17. The van der Waals surface area contributed by atoms with Gasteiger partial charge in [-0.05, 0) is 31.4 Å². The fraction of sp³-hybridized carbons (Fsp3) is 0.647. The fourth-order valence-electron chi connectivity index (χ4n) is 3.70. The number of carbonyl (C=O) groups is 1. The second-order valence-corrected chi connectivity index (χ2v) is 6.18. The minimum atomic E-state index is 0.236. The van der Waals surface area contributed by atoms with Crippen LogP contribution in [0.4, 0.5) is 0 Å². The second kappa shape index (κ2) is 6.46. The molecule has 0 saturated carbocycles. The highest BCUT2D eigenvalue weighted by Crippen LogP contribution is 2.37. The Labute approximate surface area is 126 Å². The van der Waals surface area contributed by atoms with Crippen LogP contribution in [0.5, 0.6) is 5.75 Å². The Bertz CT molecular complexity index is 463. The zero-order valence-corrected chi connectivity index (χ0v) is 12.7. The molecule has 4 heteroatoms. The molecule has 1 amide bonds. The van der Waals surface area contributed by atoms with Crippen LogP contribution >= 0.6 is 0 Å². The van der Waals surface area contributed by atoms with Gasteiger partial charge in [-0.2, -0.15) is 0 Å². The lowest BCUT2D eigenvalue weighted by Gasteiger charge is -2.39. The Balaban J connectivity index is 1.60. The van der Waals surface area contributed by atoms with E-state index in [1.54, 1.807) is 12.4 Å². The highest BCUT2D eigenvalue weighted by Gasteiger charge is 2.43. The zero-order chi connectivity index (χ0) is 14.7. The van der Waals surface area contributed by atoms with Gasteiger partial charge < -0.3 is 9.64 Å². The quantitative estimate of drug-likeness (QED) is 0.835. The van der Waals surface area contributed by atoms with Crippen LogP contribution in [0.25, 0.3) is 0 Å². The Hall–Kier alpha value is -1.58. The molecule has 2 bridgehead atoms. The standard InChI is InChI=1S/C17H24N2O2/c1-2-3-4-17(20)19-13-5-6-14(19)12-16(11-13)21-15-7-9-18-10-8-15/h7-10,13-14,16H,2-6,11-12H2,1H3. The largest absolute Gasteiger partial charge is 0.490 e. The van der Waals surface area contributed by atoms with Crippen molar-refractivity contribution >= 4 is 5.91 Å². The molecular formula is C17H24N2O2. The molecule has 0 spiro atoms. The van der Waals surface area contributed by atoms with E-state index in [-0.39, 0.29) is 6.10 Å². The molecule has 1 aromatic heterocycles. The van der Waals surface area contributed by atoms with Gasteiger partial charge in [0, 0.05) is 43.7 Å². The van der Waals surface area contributed by atoms with Crippen molar-refractivity contribution in [3.63, 3.8) is 0 Å². The monoisotopic (exact) mass is 288 g/mol. The first-order valence-electron chi connectivity index (χ1n) is 8.15. The van der Waals surface area contributed by atoms with Gasteiger partial charge >= 0.3 is 0 Å². The van der Waals surface area contributed by atoms with Gasteiger partial charge in [-0.1, -0.05) is 13.3 Å². The first kappa shape index (κ1) is 14.4. The van der Waals surface area contributed by atoms with Crippen molar-refractivity contribution in [2.45, 2.75) is 70.1 Å². The Kier molecular flexibility index (Phi) is 4.42. The molecule has 2 saturated heterocycles. The van der Waals surface area contributed by atoms with E-state index >= 15 is 0 Å². The van der Waals surface area contributed by atoms with Crippen molar-refractivity contribution < 1.29 is 9.53 Å². The van der Waals surface area contributed by atoms with Crippen molar-refractivity contribution in [2.75, 3.05) is 0 Å². The molecule has 1 aromatic rings. The van der Waals surface area contributed by atoms with Crippen LogP contribution in [0.1, 0.15) is 51.9 Å². The molecule has 0 radical (unpaired) electrons. The summed E-state index contributed by atoms with van der Waals surface area (Å²) in [6.07, 6.45) is 10.8. The van der Waals surface area contributed by atoms with Crippen LogP contribution in [0.2, 0.25) is 0 Å². The van der Waals surface area contributed by atoms with Crippen LogP contribution in [-0.4, -0.2) is 34.0 Å². The second-order valence-electron chi connectivity index (χ2n) is 6.18. The van der Waals surface area contributed by atoms with Crippen LogP contribution in [0, 0.1) is 0 Å². The van der Waals surface area contributed by atoms with Crippen molar-refractivity contribution in [3.05, 3.63) is 24.5 Å². The highest BCUT2D eigenvalue weighted by atomic mass is 16.5. The lowest BCUT2D eigenvalue weighted by atomic mass is 9.98. The number of unbranched alkanes of at least 4 members (excludes halogenated alkanes) is 1. The van der Waals surface area contributed by atoms with Gasteiger partial charge in [0.05, 0.1) is 0 Å². The zero-order valence-electron chi connectivity index (χ0n) is 12.7. The summed E-state index contributed by atoms with van der Waals surface area (Å²) in [5.74, 6) is 1.24. The molecule has 3 rings (SSSR count). The smallest absolute Gasteiger partial charge is 0.223 e. The molecule has 0 aliphatic carbocycles. The van der Waals surface area contributed by atoms with Crippen molar-refractivity contribution in [1.29, 1.82) is 0 Å². The number of piperidine rings is 1. The van der Waals surface area contributed by atoms with Crippen molar-refractivity contribution in [2.24, 2.45) is 0 Å². The van der Waals surface area contributed by atoms with E-state index in [1.165, 1.54) is 0 Å². The van der Waals surface area contributed by atoms with E-state index < -0.39 is 0 Å². The average molecular weight is 288 g/mol. The third kappa shape index (κ3) is 3.20. The SMILES string of the molecule is CCCCC(=O)N1C2CCC1CC(Oc1ccncc1)C2. The van der Waals surface area contributed by atoms with Gasteiger partial charge in [-0.3, -0.25) is 9.78 Å². The number of nitrogens with zero attached hydrogens (tertiary/aromatic N) is 2. The van der Waals surface area contributed by atoms with Gasteiger partial charge in [-0.15, -0.1) is 0 Å². The lowest BCUT2D eigenvalue weighted by molar-refractivity contribution is -0.137. The maximum Gasteiger partial charge on any atom is 0.223 e. The molecular weight excluding hydrogens is 264 g/mol. The highest BCUT2D eigenvalue weighted by molar-refractivity contribution is 5.77. The molecule has 3 heterocycles. The Morgan fingerprint density at radius 1 is 1.29 bits per heavy atom. The van der Waals surface area contributed by atoms with Gasteiger partial charge in [0.1, 0.15) is 11.9 Å². The summed E-state index contributed by atoms with van der Waals surface area (Å²) in [6.45, 7) is 2.14. The van der Waals surface area contributed by atoms with Crippen LogP contribution < -0.4 is 4.74 Å². The van der Waals surface area contributed by atoms with Crippen LogP contribution in [0.15, 0.2) is 24.5 Å². The van der Waals surface area contributed by atoms with E-state index in [0.29, 0.717) is 24.4 Å². The first-order chi connectivity index (χ1) is 10.3. The summed E-state index contributed by atoms with van der Waals surface area (Å²) in [4.78, 5) is 18.5. The molecule has 2 atom stereocenters. The molecule has 0 N–H and O–H groups in total. The predicted molar refractivity (Wildman–Crippen MR) is 81.1 cm³/mol. The van der Waals surface area contributed by atoms with E-state index in [1.807, 2.05) is 12.1 Å². The molecule has 114 valence electrons. The summed E-state index contributed by atoms with van der Waals surface area (Å²) >= 11 is 0. The van der Waals surface area contributed by atoms with Crippen LogP contribution in [0.3, 0.4) is 0 Å². The van der Waals surface area contributed by atoms with Gasteiger partial charge in [0.25, 0.3) is 0 Å². The van der Waals surface area contributed by atoms with Crippen molar-refractivity contribution in [3.8, 4) is 5.75 Å². The number of aromatic nitrogens is 1. The van der Waals surface area contributed by atoms with Crippen LogP contribution in [-0.2, 0) is 4.79 Å². The molecule has 2 fully saturated rings. The maximum atomic E-state index is 12.4. The normalized spacial score (nSPS) is 27.7. The number of fused-ring (bicyclic) bond motifs is 2. The van der Waals surface area contributed by atoms with Gasteiger partial charge in [0.15, 0.2) is 0 Å². The molecule has 2 unspecified atom stereocenters. The minimum Gasteiger partial charge on any atom is -0.490 e. The molecule has 0 aromatic carbocycles. The fourth-order valence-corrected chi connectivity index (χ4v) is 3.70. The molecule has 4 nitrogen and oxygen atoms in total. The molecule has 21 heavy (non-hydrogen) atoms. The van der Waals surface area contributed by atoms with E-state index in [2.05, 4.69) is 16.8 Å². The summed E-state index contributed by atoms with van der Waals surface area (Å²) in [5.41, 5.74) is 0. The number of carbonyl (C=O) groups excluding carboxylic acids is 1. The van der Waals surface area contributed by atoms with E-state index in [0.717, 1.165) is 44.3 Å². The average Bonchev–Trinajstić information content (AvgIpc) is 2.77. The number of rotatable bonds is 5. The number of ether oxygens (including phenoxy) is 1. The number of amides is 1. The number of hydrogen-bond donors (Lipinski definition) is 0. The topological polar surface area (TPSA) is 42.4 Å². The number of hydrogen-bond acceptors (Lipinski definition) is 3. The van der Waals surface area contributed by atoms with Gasteiger partial charge in [-0.25, -0.2) is 0 Å². The third-order valence-electron chi connectivity index (χ3n) is 4.67. The summed E-state index contributed by atoms with van der Waals surface area (Å²) in [7, 11) is 0. The first-order valence-corrected chi connectivity index (χ1v) is 8.15. The van der Waals surface area contributed by atoms with E-state index in [9.17, 15) is 4.79 Å². The Morgan fingerprint density at radius 2 is 1.95 bits per heavy atom. The summed E-state index contributed by atoms with van der Waals surface area (Å²) in [5, 5.41) is 0. The molecule has 2 aliphatic heterocycles. The lowest BCUT2D eigenvalue weighted by Crippen LogP contribution is -2.49. The summed E-state index contributed by atoms with van der Waals surface area (Å²) in [6, 6.07) is 4.58. The third-order valence-corrected chi connectivity index (χ3v) is 4.67. The van der Waals surface area contributed by atoms with Crippen molar-refractivity contribution in [1.82, 2.24) is 9.88 Å².